The molecule has 0 unspecified atom stereocenters. The van der Waals surface area contributed by atoms with Crippen LogP contribution in [0.5, 0.6) is 0 Å². The van der Waals surface area contributed by atoms with Crippen molar-refractivity contribution in [1.29, 1.82) is 0 Å². The van der Waals surface area contributed by atoms with E-state index in [1.165, 1.54) is 6.07 Å². The van der Waals surface area contributed by atoms with Gasteiger partial charge in [-0.1, -0.05) is 19.9 Å². The smallest absolute Gasteiger partial charge is 0.207 e. The van der Waals surface area contributed by atoms with E-state index in [1.807, 2.05) is 26.8 Å². The zero-order valence-electron chi connectivity index (χ0n) is 10.4. The van der Waals surface area contributed by atoms with Crippen molar-refractivity contribution < 1.29 is 13.2 Å². The molecule has 0 aromatic heterocycles. The summed E-state index contributed by atoms with van der Waals surface area (Å²) in [4.78, 5) is 0. The van der Waals surface area contributed by atoms with E-state index in [1.54, 1.807) is 0 Å². The van der Waals surface area contributed by atoms with Crippen LogP contribution in [0.25, 0.3) is 0 Å². The van der Waals surface area contributed by atoms with Crippen molar-refractivity contribution in [2.75, 3.05) is 0 Å². The summed E-state index contributed by atoms with van der Waals surface area (Å²) in [5, 5.41) is 0. The van der Waals surface area contributed by atoms with Crippen LogP contribution in [0.2, 0.25) is 0 Å². The molecule has 3 heteroatoms. The molecule has 0 amide bonds. The molecule has 0 atom stereocenters. The van der Waals surface area contributed by atoms with Gasteiger partial charge in [0.1, 0.15) is 5.82 Å². The van der Waals surface area contributed by atoms with E-state index in [9.17, 15) is 13.2 Å². The second kappa shape index (κ2) is 4.04. The fourth-order valence-corrected chi connectivity index (χ4v) is 2.65. The van der Waals surface area contributed by atoms with E-state index in [0.717, 1.165) is 11.1 Å². The van der Waals surface area contributed by atoms with Gasteiger partial charge in [0.25, 0.3) is 0 Å². The second-order valence-corrected chi connectivity index (χ2v) is 5.35. The first-order valence-corrected chi connectivity index (χ1v) is 5.98. The SMILES string of the molecule is Cc1cc(C2CC(F)(F)C2)cc(F)c1C(C)C. The molecule has 1 aliphatic carbocycles. The highest BCUT2D eigenvalue weighted by molar-refractivity contribution is 5.37. The van der Waals surface area contributed by atoms with Gasteiger partial charge in [0.2, 0.25) is 5.92 Å². The van der Waals surface area contributed by atoms with Crippen molar-refractivity contribution >= 4 is 0 Å². The molecule has 0 heterocycles. The number of rotatable bonds is 2. The fourth-order valence-electron chi connectivity index (χ4n) is 2.65. The van der Waals surface area contributed by atoms with E-state index < -0.39 is 5.92 Å². The van der Waals surface area contributed by atoms with Gasteiger partial charge in [-0.25, -0.2) is 13.2 Å². The molecule has 1 fully saturated rings. The molecule has 0 aliphatic heterocycles. The Hall–Kier alpha value is -0.990. The number of benzene rings is 1. The Morgan fingerprint density at radius 3 is 2.24 bits per heavy atom. The summed E-state index contributed by atoms with van der Waals surface area (Å²) in [5.41, 5.74) is 2.28. The van der Waals surface area contributed by atoms with Crippen LogP contribution in [0, 0.1) is 12.7 Å². The molecule has 94 valence electrons. The van der Waals surface area contributed by atoms with Gasteiger partial charge in [-0.15, -0.1) is 0 Å². The molecular weight excluding hydrogens is 225 g/mol. The van der Waals surface area contributed by atoms with Gasteiger partial charge in [0.05, 0.1) is 0 Å². The van der Waals surface area contributed by atoms with Gasteiger partial charge in [0, 0.05) is 12.8 Å². The molecular formula is C14H17F3. The zero-order chi connectivity index (χ0) is 12.8. The number of halogens is 3. The molecule has 0 nitrogen and oxygen atoms in total. The summed E-state index contributed by atoms with van der Waals surface area (Å²) < 4.78 is 39.5. The maximum atomic E-state index is 13.9. The van der Waals surface area contributed by atoms with Crippen molar-refractivity contribution in [2.24, 2.45) is 0 Å². The predicted octanol–water partition coefficient (Wildman–Crippen LogP) is 4.77. The van der Waals surface area contributed by atoms with Gasteiger partial charge >= 0.3 is 0 Å². The van der Waals surface area contributed by atoms with E-state index >= 15 is 0 Å². The summed E-state index contributed by atoms with van der Waals surface area (Å²) in [6.07, 6.45) is -0.292. The van der Waals surface area contributed by atoms with Crippen molar-refractivity contribution in [2.45, 2.75) is 51.4 Å². The average molecular weight is 242 g/mol. The largest absolute Gasteiger partial charge is 0.249 e. The summed E-state index contributed by atoms with van der Waals surface area (Å²) in [6, 6.07) is 3.29. The maximum Gasteiger partial charge on any atom is 0.249 e. The third-order valence-electron chi connectivity index (χ3n) is 3.50. The van der Waals surface area contributed by atoms with E-state index in [4.69, 9.17) is 0 Å². The van der Waals surface area contributed by atoms with Crippen LogP contribution in [-0.4, -0.2) is 5.92 Å². The average Bonchev–Trinajstić information content (AvgIpc) is 2.11. The Bertz CT molecular complexity index is 404. The van der Waals surface area contributed by atoms with E-state index in [0.29, 0.717) is 5.56 Å². The van der Waals surface area contributed by atoms with Gasteiger partial charge < -0.3 is 0 Å². The third-order valence-corrected chi connectivity index (χ3v) is 3.50. The highest BCUT2D eigenvalue weighted by Crippen LogP contribution is 2.48. The van der Waals surface area contributed by atoms with Gasteiger partial charge in [-0.2, -0.15) is 0 Å². The molecule has 1 aromatic rings. The van der Waals surface area contributed by atoms with Crippen LogP contribution >= 0.6 is 0 Å². The second-order valence-electron chi connectivity index (χ2n) is 5.35. The first kappa shape index (κ1) is 12.5. The van der Waals surface area contributed by atoms with Crippen molar-refractivity contribution in [1.82, 2.24) is 0 Å². The minimum absolute atomic E-state index is 0.117. The topological polar surface area (TPSA) is 0 Å². The van der Waals surface area contributed by atoms with E-state index in [-0.39, 0.29) is 30.5 Å². The van der Waals surface area contributed by atoms with Crippen molar-refractivity contribution in [3.63, 3.8) is 0 Å². The lowest BCUT2D eigenvalue weighted by molar-refractivity contribution is -0.0868. The predicted molar refractivity (Wildman–Crippen MR) is 62.1 cm³/mol. The van der Waals surface area contributed by atoms with E-state index in [2.05, 4.69) is 0 Å². The molecule has 0 bridgehead atoms. The molecule has 1 aliphatic rings. The van der Waals surface area contributed by atoms with Crippen molar-refractivity contribution in [3.05, 3.63) is 34.6 Å². The summed E-state index contributed by atoms with van der Waals surface area (Å²) in [6.45, 7) is 5.71. The first-order valence-electron chi connectivity index (χ1n) is 5.98. The molecule has 2 rings (SSSR count). The van der Waals surface area contributed by atoms with Crippen LogP contribution in [0.1, 0.15) is 55.2 Å². The zero-order valence-corrected chi connectivity index (χ0v) is 10.4. The Morgan fingerprint density at radius 2 is 1.82 bits per heavy atom. The maximum absolute atomic E-state index is 13.9. The first-order chi connectivity index (χ1) is 7.80. The molecule has 1 aromatic carbocycles. The molecule has 0 radical (unpaired) electrons. The Morgan fingerprint density at radius 1 is 1.24 bits per heavy atom. The molecule has 0 saturated heterocycles. The lowest BCUT2D eigenvalue weighted by atomic mass is 9.76. The minimum Gasteiger partial charge on any atom is -0.207 e. The van der Waals surface area contributed by atoms with Crippen LogP contribution < -0.4 is 0 Å². The highest BCUT2D eigenvalue weighted by Gasteiger charge is 2.46. The van der Waals surface area contributed by atoms with Crippen LogP contribution in [-0.2, 0) is 0 Å². The molecule has 1 saturated carbocycles. The highest BCUT2D eigenvalue weighted by atomic mass is 19.3. The lowest BCUT2D eigenvalue weighted by Gasteiger charge is -2.35. The summed E-state index contributed by atoms with van der Waals surface area (Å²) in [7, 11) is 0. The lowest BCUT2D eigenvalue weighted by Crippen LogP contribution is -2.33. The number of aryl methyl sites for hydroxylation is 1. The molecule has 0 spiro atoms. The van der Waals surface area contributed by atoms with Gasteiger partial charge in [0.15, 0.2) is 0 Å². The standard InChI is InChI=1S/C14H17F3/c1-8(2)13-9(3)4-10(5-12(13)15)11-6-14(16,17)7-11/h4-5,8,11H,6-7H2,1-3H3. The molecule has 17 heavy (non-hydrogen) atoms. The minimum atomic E-state index is -2.55. The van der Waals surface area contributed by atoms with Crippen molar-refractivity contribution in [3.8, 4) is 0 Å². The van der Waals surface area contributed by atoms with Gasteiger partial charge in [-0.05, 0) is 41.5 Å². The van der Waals surface area contributed by atoms with Crippen LogP contribution in [0.4, 0.5) is 13.2 Å². The Balaban J connectivity index is 2.28. The fraction of sp³-hybridized carbons (Fsp3) is 0.571. The quantitative estimate of drug-likeness (QED) is 0.700. The number of hydrogen-bond acceptors (Lipinski definition) is 0. The number of alkyl halides is 2. The third kappa shape index (κ3) is 2.33. The van der Waals surface area contributed by atoms with Crippen LogP contribution in [0.15, 0.2) is 12.1 Å². The van der Waals surface area contributed by atoms with Gasteiger partial charge in [-0.3, -0.25) is 0 Å². The monoisotopic (exact) mass is 242 g/mol. The Kier molecular flexibility index (Phi) is 2.96. The molecule has 0 N–H and O–H groups in total. The number of hydrogen-bond donors (Lipinski definition) is 0. The normalized spacial score (nSPS) is 19.5. The van der Waals surface area contributed by atoms with Crippen LogP contribution in [0.3, 0.4) is 0 Å². The summed E-state index contributed by atoms with van der Waals surface area (Å²) in [5.74, 6) is -2.87. The Labute approximate surface area is 99.8 Å². The summed E-state index contributed by atoms with van der Waals surface area (Å²) >= 11 is 0.